The van der Waals surface area contributed by atoms with E-state index in [4.69, 9.17) is 4.74 Å². The van der Waals surface area contributed by atoms with Crippen LogP contribution < -0.4 is 15.4 Å². The second kappa shape index (κ2) is 9.72. The highest BCUT2D eigenvalue weighted by Gasteiger charge is 2.20. The quantitative estimate of drug-likeness (QED) is 0.610. The first kappa shape index (κ1) is 19.6. The third-order valence-corrected chi connectivity index (χ3v) is 4.74. The average molecular weight is 374 g/mol. The summed E-state index contributed by atoms with van der Waals surface area (Å²) >= 11 is 0. The van der Waals surface area contributed by atoms with Gasteiger partial charge in [0.2, 0.25) is 5.91 Å². The van der Waals surface area contributed by atoms with Gasteiger partial charge < -0.3 is 15.4 Å². The monoisotopic (exact) mass is 374 g/mol. The van der Waals surface area contributed by atoms with Crippen molar-refractivity contribution in [3.05, 3.63) is 95.6 Å². The fraction of sp³-hybridized carbons (Fsp3) is 0.208. The van der Waals surface area contributed by atoms with E-state index in [1.165, 1.54) is 11.1 Å². The minimum absolute atomic E-state index is 0.0933. The predicted molar refractivity (Wildman–Crippen MR) is 114 cm³/mol. The van der Waals surface area contributed by atoms with Gasteiger partial charge in [-0.15, -0.1) is 0 Å². The van der Waals surface area contributed by atoms with Gasteiger partial charge in [0.25, 0.3) is 0 Å². The number of amides is 1. The summed E-state index contributed by atoms with van der Waals surface area (Å²) in [6, 6.07) is 25.1. The number of methoxy groups -OCH3 is 1. The van der Waals surface area contributed by atoms with Gasteiger partial charge in [-0.2, -0.15) is 0 Å². The first-order valence-corrected chi connectivity index (χ1v) is 9.45. The molecule has 0 spiro atoms. The maximum atomic E-state index is 13.0. The number of nitrogens with one attached hydrogen (secondary N) is 2. The third-order valence-electron chi connectivity index (χ3n) is 4.74. The molecule has 3 aromatic rings. The normalized spacial score (nSPS) is 11.6. The minimum Gasteiger partial charge on any atom is -0.497 e. The van der Waals surface area contributed by atoms with Crippen molar-refractivity contribution in [2.75, 3.05) is 19.0 Å². The SMILES string of the molecule is COc1cccc(NC(=O)[C@@H](NCCc2ccccc2C)c2ccccc2)c1. The van der Waals surface area contributed by atoms with Crippen LogP contribution in [0.3, 0.4) is 0 Å². The molecule has 0 heterocycles. The molecule has 144 valence electrons. The van der Waals surface area contributed by atoms with Gasteiger partial charge in [0, 0.05) is 18.3 Å². The number of benzene rings is 3. The van der Waals surface area contributed by atoms with Gasteiger partial charge in [-0.3, -0.25) is 4.79 Å². The van der Waals surface area contributed by atoms with E-state index in [0.29, 0.717) is 18.0 Å². The molecular formula is C24H26N2O2. The molecule has 0 aromatic heterocycles. The van der Waals surface area contributed by atoms with Crippen LogP contribution in [-0.4, -0.2) is 19.6 Å². The summed E-state index contributed by atoms with van der Waals surface area (Å²) in [4.78, 5) is 13.0. The fourth-order valence-electron chi connectivity index (χ4n) is 3.16. The molecule has 0 fully saturated rings. The van der Waals surface area contributed by atoms with Gasteiger partial charge in [-0.25, -0.2) is 0 Å². The molecule has 3 aromatic carbocycles. The lowest BCUT2D eigenvalue weighted by atomic mass is 10.0. The molecule has 0 radical (unpaired) electrons. The molecule has 0 saturated heterocycles. The van der Waals surface area contributed by atoms with Crippen LogP contribution in [0.2, 0.25) is 0 Å². The highest BCUT2D eigenvalue weighted by molar-refractivity contribution is 5.95. The Labute approximate surface area is 166 Å². The first-order chi connectivity index (χ1) is 13.7. The number of hydrogen-bond acceptors (Lipinski definition) is 3. The molecule has 4 heteroatoms. The number of hydrogen-bond donors (Lipinski definition) is 2. The maximum Gasteiger partial charge on any atom is 0.246 e. The summed E-state index contributed by atoms with van der Waals surface area (Å²) < 4.78 is 5.24. The Morgan fingerprint density at radius 2 is 1.71 bits per heavy atom. The molecule has 28 heavy (non-hydrogen) atoms. The maximum absolute atomic E-state index is 13.0. The Morgan fingerprint density at radius 3 is 2.46 bits per heavy atom. The van der Waals surface area contributed by atoms with Gasteiger partial charge >= 0.3 is 0 Å². The van der Waals surface area contributed by atoms with Crippen LogP contribution >= 0.6 is 0 Å². The molecule has 4 nitrogen and oxygen atoms in total. The molecule has 2 N–H and O–H groups in total. The highest BCUT2D eigenvalue weighted by Crippen LogP contribution is 2.20. The van der Waals surface area contributed by atoms with Crippen molar-refractivity contribution >= 4 is 11.6 Å². The summed E-state index contributed by atoms with van der Waals surface area (Å²) in [5.41, 5.74) is 4.20. The Hall–Kier alpha value is -3.11. The fourth-order valence-corrected chi connectivity index (χ4v) is 3.16. The largest absolute Gasteiger partial charge is 0.497 e. The van der Waals surface area contributed by atoms with Crippen LogP contribution in [0.4, 0.5) is 5.69 Å². The van der Waals surface area contributed by atoms with Crippen LogP contribution in [0.25, 0.3) is 0 Å². The van der Waals surface area contributed by atoms with Crippen molar-refractivity contribution in [1.82, 2.24) is 5.32 Å². The van der Waals surface area contributed by atoms with Crippen molar-refractivity contribution in [2.45, 2.75) is 19.4 Å². The Balaban J connectivity index is 1.71. The predicted octanol–water partition coefficient (Wildman–Crippen LogP) is 4.52. The van der Waals surface area contributed by atoms with Crippen LogP contribution in [0.1, 0.15) is 22.7 Å². The van der Waals surface area contributed by atoms with Crippen LogP contribution in [0, 0.1) is 6.92 Å². The molecule has 0 aliphatic rings. The lowest BCUT2D eigenvalue weighted by Crippen LogP contribution is -2.34. The molecule has 1 amide bonds. The van der Waals surface area contributed by atoms with E-state index >= 15 is 0 Å². The van der Waals surface area contributed by atoms with Crippen LogP contribution in [0.15, 0.2) is 78.9 Å². The highest BCUT2D eigenvalue weighted by atomic mass is 16.5. The number of carbonyl (C=O) groups is 1. The molecule has 3 rings (SSSR count). The summed E-state index contributed by atoms with van der Waals surface area (Å²) in [6.45, 7) is 2.81. The topological polar surface area (TPSA) is 50.4 Å². The number of rotatable bonds is 8. The third kappa shape index (κ3) is 5.21. The first-order valence-electron chi connectivity index (χ1n) is 9.45. The zero-order valence-electron chi connectivity index (χ0n) is 16.3. The molecule has 0 aliphatic carbocycles. The Kier molecular flexibility index (Phi) is 6.82. The molecule has 0 aliphatic heterocycles. The van der Waals surface area contributed by atoms with Gasteiger partial charge in [0.1, 0.15) is 11.8 Å². The van der Waals surface area contributed by atoms with Gasteiger partial charge in [-0.1, -0.05) is 60.7 Å². The van der Waals surface area contributed by atoms with Crippen LogP contribution in [0.5, 0.6) is 5.75 Å². The summed E-state index contributed by atoms with van der Waals surface area (Å²) in [7, 11) is 1.61. The van der Waals surface area contributed by atoms with Gasteiger partial charge in [-0.05, 0) is 42.2 Å². The molecule has 0 bridgehead atoms. The number of anilines is 1. The van der Waals surface area contributed by atoms with E-state index in [1.807, 2.05) is 66.7 Å². The van der Waals surface area contributed by atoms with Crippen molar-refractivity contribution in [3.8, 4) is 5.75 Å². The average Bonchev–Trinajstić information content (AvgIpc) is 2.73. The van der Waals surface area contributed by atoms with Crippen LogP contribution in [-0.2, 0) is 11.2 Å². The van der Waals surface area contributed by atoms with Crippen molar-refractivity contribution < 1.29 is 9.53 Å². The van der Waals surface area contributed by atoms with Crippen molar-refractivity contribution in [3.63, 3.8) is 0 Å². The van der Waals surface area contributed by atoms with E-state index in [1.54, 1.807) is 7.11 Å². The second-order valence-corrected chi connectivity index (χ2v) is 6.70. The Morgan fingerprint density at radius 1 is 0.964 bits per heavy atom. The molecule has 1 atom stereocenters. The number of ether oxygens (including phenoxy) is 1. The zero-order chi connectivity index (χ0) is 19.8. The Bertz CT molecular complexity index is 909. The van der Waals surface area contributed by atoms with E-state index in [2.05, 4.69) is 29.7 Å². The molecular weight excluding hydrogens is 348 g/mol. The summed E-state index contributed by atoms with van der Waals surface area (Å²) in [6.07, 6.45) is 0.864. The number of aryl methyl sites for hydroxylation is 1. The number of carbonyl (C=O) groups excluding carboxylic acids is 1. The van der Waals surface area contributed by atoms with Crippen molar-refractivity contribution in [2.24, 2.45) is 0 Å². The van der Waals surface area contributed by atoms with E-state index in [0.717, 1.165) is 12.0 Å². The van der Waals surface area contributed by atoms with Gasteiger partial charge in [0.15, 0.2) is 0 Å². The molecule has 0 unspecified atom stereocenters. The summed E-state index contributed by atoms with van der Waals surface area (Å²) in [5, 5.41) is 6.41. The minimum atomic E-state index is -0.434. The zero-order valence-corrected chi connectivity index (χ0v) is 16.3. The molecule has 0 saturated carbocycles. The van der Waals surface area contributed by atoms with E-state index < -0.39 is 6.04 Å². The lowest BCUT2D eigenvalue weighted by Gasteiger charge is -2.19. The standard InChI is InChI=1S/C24H26N2O2/c1-18-9-6-7-10-19(18)15-16-25-23(20-11-4-3-5-12-20)24(27)26-21-13-8-14-22(17-21)28-2/h3-14,17,23,25H,15-16H2,1-2H3,(H,26,27)/t23-/m0/s1. The van der Waals surface area contributed by atoms with Gasteiger partial charge in [0.05, 0.1) is 7.11 Å². The lowest BCUT2D eigenvalue weighted by molar-refractivity contribution is -0.118. The van der Waals surface area contributed by atoms with E-state index in [9.17, 15) is 4.79 Å². The smallest absolute Gasteiger partial charge is 0.246 e. The van der Waals surface area contributed by atoms with Crippen molar-refractivity contribution in [1.29, 1.82) is 0 Å². The summed E-state index contributed by atoms with van der Waals surface area (Å²) in [5.74, 6) is 0.616. The van der Waals surface area contributed by atoms with E-state index in [-0.39, 0.29) is 5.91 Å². The second-order valence-electron chi connectivity index (χ2n) is 6.70.